The molecule has 0 aromatic heterocycles. The van der Waals surface area contributed by atoms with Crippen molar-refractivity contribution in [3.8, 4) is 0 Å². The Balaban J connectivity index is -0.0000000410. The van der Waals surface area contributed by atoms with E-state index in [4.69, 9.17) is 54.4 Å². The van der Waals surface area contributed by atoms with Crippen LogP contribution >= 0.6 is 15.2 Å². The smallest absolute Gasteiger partial charge is 0.373 e. The number of carboxylic acids is 3. The van der Waals surface area contributed by atoms with Crippen LogP contribution in [-0.2, 0) is 37.9 Å². The highest BCUT2D eigenvalue weighted by Crippen LogP contribution is 2.34. The van der Waals surface area contributed by atoms with Crippen LogP contribution in [0.1, 0.15) is 29.7 Å². The lowest BCUT2D eigenvalue weighted by molar-refractivity contribution is -0.191. The number of carboxylic acid groups (broad SMARTS) is 4. The monoisotopic (exact) mass is 568 g/mol. The molecule has 0 aromatic carbocycles. The fourth-order valence-electron chi connectivity index (χ4n) is 1.11. The highest BCUT2D eigenvalue weighted by atomic mass is 31.2. The van der Waals surface area contributed by atoms with Crippen LogP contribution in [-0.4, -0.2) is 113 Å². The van der Waals surface area contributed by atoms with Gasteiger partial charge in [0.05, 0.1) is 25.9 Å². The predicted molar refractivity (Wildman–Crippen MR) is 121 cm³/mol. The molecule has 11 N–H and O–H groups in total. The molecular weight excluding hydrogens is 530 g/mol. The number of nitrogens with one attached hydrogen (secondary N) is 1. The summed E-state index contributed by atoms with van der Waals surface area (Å²) in [6.45, 7) is -2.14. The van der Waals surface area contributed by atoms with Crippen molar-refractivity contribution in [2.45, 2.75) is 29.7 Å². The topological polar surface area (TPSA) is 345 Å². The average Bonchev–Trinajstić information content (AvgIpc) is 2.44. The first kappa shape index (κ1) is 58.4. The van der Waals surface area contributed by atoms with Gasteiger partial charge in [-0.05, 0) is 0 Å². The van der Waals surface area contributed by atoms with Gasteiger partial charge in [-0.3, -0.25) is 38.5 Å². The highest BCUT2D eigenvalue weighted by molar-refractivity contribution is 7.51. The third-order valence-corrected chi connectivity index (χ3v) is 3.10. The standard InChI is InChI=1S/C5H10NO7P.C3H8NO5P.CH2O2.CO2.4CH4.H2O/c7-4(8)1-6(2-5(9)10)3-14(11,12)13;5-3(6)1-4-2-10(7,8)9;2*2-1-3;;;;;/h1-3H2,(H,7,8)(H,9,10)(H2,11,12,13);4H,1-2H2,(H,5,6)(H2,7,8,9);1H,(H,2,3);;4*1H4;1H2. The van der Waals surface area contributed by atoms with Crippen LogP contribution in [0.5, 0.6) is 0 Å². The van der Waals surface area contributed by atoms with Crippen molar-refractivity contribution >= 4 is 45.7 Å². The molecule has 0 bridgehead atoms. The molecule has 21 heteroatoms. The molecule has 0 aliphatic carbocycles. The minimum absolute atomic E-state index is 0. The Morgan fingerprint density at radius 3 is 1.26 bits per heavy atom. The summed E-state index contributed by atoms with van der Waals surface area (Å²) in [5.41, 5.74) is 0. The summed E-state index contributed by atoms with van der Waals surface area (Å²) < 4.78 is 20.5. The average molecular weight is 568 g/mol. The van der Waals surface area contributed by atoms with Crippen LogP contribution in [0.3, 0.4) is 0 Å². The molecule has 216 valence electrons. The van der Waals surface area contributed by atoms with Gasteiger partial charge in [-0.25, -0.2) is 0 Å². The van der Waals surface area contributed by atoms with Gasteiger partial charge in [-0.15, -0.1) is 0 Å². The minimum Gasteiger partial charge on any atom is -0.483 e. The second kappa shape index (κ2) is 33.6. The van der Waals surface area contributed by atoms with Crippen molar-refractivity contribution in [3.63, 3.8) is 0 Å². The lowest BCUT2D eigenvalue weighted by Gasteiger charge is -2.17. The van der Waals surface area contributed by atoms with E-state index in [0.29, 0.717) is 4.90 Å². The highest BCUT2D eigenvalue weighted by Gasteiger charge is 2.22. The molecule has 0 saturated carbocycles. The van der Waals surface area contributed by atoms with E-state index in [1.165, 1.54) is 0 Å². The maximum Gasteiger partial charge on any atom is 0.373 e. The number of rotatable bonds is 10. The van der Waals surface area contributed by atoms with Gasteiger partial charge in [-0.2, -0.15) is 9.59 Å². The van der Waals surface area contributed by atoms with Crippen molar-refractivity contribution in [1.29, 1.82) is 0 Å². The van der Waals surface area contributed by atoms with E-state index in [2.05, 4.69) is 5.32 Å². The molecule has 0 spiro atoms. The van der Waals surface area contributed by atoms with Crippen LogP contribution in [0.4, 0.5) is 0 Å². The van der Waals surface area contributed by atoms with E-state index in [1.54, 1.807) is 0 Å². The fourth-order valence-corrected chi connectivity index (χ4v) is 2.23. The van der Waals surface area contributed by atoms with E-state index in [1.807, 2.05) is 0 Å². The number of hydrogen-bond acceptors (Lipinski definition) is 10. The zero-order valence-electron chi connectivity index (χ0n) is 15.3. The second-order valence-corrected chi connectivity index (χ2v) is 7.67. The largest absolute Gasteiger partial charge is 0.483 e. The molecule has 0 amide bonds. The van der Waals surface area contributed by atoms with Crippen molar-refractivity contribution in [2.75, 3.05) is 32.2 Å². The maximum atomic E-state index is 10.5. The molecule has 0 fully saturated rings. The molecule has 0 radical (unpaired) electrons. The number of hydrogen-bond donors (Lipinski definition) is 9. The van der Waals surface area contributed by atoms with Gasteiger partial charge in [-0.1, -0.05) is 29.7 Å². The summed E-state index contributed by atoms with van der Waals surface area (Å²) >= 11 is 0. The Morgan fingerprint density at radius 1 is 0.800 bits per heavy atom. The van der Waals surface area contributed by atoms with Crippen LogP contribution in [0.2, 0.25) is 0 Å². The molecule has 0 heterocycles. The van der Waals surface area contributed by atoms with Crippen LogP contribution in [0, 0.1) is 0 Å². The van der Waals surface area contributed by atoms with Gasteiger partial charge in [0.25, 0.3) is 6.47 Å². The maximum absolute atomic E-state index is 10.5. The Bertz CT molecular complexity index is 639. The molecule has 0 rings (SSSR count). The zero-order valence-corrected chi connectivity index (χ0v) is 17.1. The summed E-state index contributed by atoms with van der Waals surface area (Å²) in [4.78, 5) is 88.8. The Labute approximate surface area is 202 Å². The summed E-state index contributed by atoms with van der Waals surface area (Å²) in [5, 5.41) is 33.6. The first-order valence-corrected chi connectivity index (χ1v) is 10.3. The molecule has 35 heavy (non-hydrogen) atoms. The van der Waals surface area contributed by atoms with Crippen LogP contribution in [0.25, 0.3) is 0 Å². The molecular formula is C14H38N2O17P2. The van der Waals surface area contributed by atoms with Gasteiger partial charge in [0.15, 0.2) is 0 Å². The number of nitrogens with zero attached hydrogens (tertiary/aromatic N) is 1. The molecule has 0 aliphatic heterocycles. The second-order valence-electron chi connectivity index (χ2n) is 4.41. The SMILES string of the molecule is C.C.C.C.O.O=C(O)CN(CC(=O)O)CP(=O)(O)O.O=C(O)CNCP(=O)(O)O.O=C=O.O=CO. The van der Waals surface area contributed by atoms with Crippen LogP contribution in [0.15, 0.2) is 0 Å². The first-order chi connectivity index (χ1) is 13.4. The van der Waals surface area contributed by atoms with E-state index in [-0.39, 0.29) is 47.8 Å². The Kier molecular flexibility index (Phi) is 56.0. The Hall–Kier alpha value is -2.56. The van der Waals surface area contributed by atoms with Gasteiger partial charge in [0.2, 0.25) is 0 Å². The normalized spacial score (nSPS) is 8.49. The van der Waals surface area contributed by atoms with Crippen molar-refractivity contribution in [2.24, 2.45) is 0 Å². The fraction of sp³-hybridized carbons (Fsp3) is 0.643. The third-order valence-electron chi connectivity index (χ3n) is 1.70. The molecule has 0 atom stereocenters. The minimum atomic E-state index is -4.44. The molecule has 0 aliphatic rings. The van der Waals surface area contributed by atoms with Crippen molar-refractivity contribution in [1.82, 2.24) is 10.2 Å². The molecule has 0 unspecified atom stereocenters. The van der Waals surface area contributed by atoms with Gasteiger partial charge < -0.3 is 45.5 Å². The van der Waals surface area contributed by atoms with Crippen LogP contribution < -0.4 is 5.32 Å². The Morgan fingerprint density at radius 2 is 1.09 bits per heavy atom. The van der Waals surface area contributed by atoms with Gasteiger partial charge in [0.1, 0.15) is 6.29 Å². The summed E-state index contributed by atoms with van der Waals surface area (Å²) in [6, 6.07) is 0. The van der Waals surface area contributed by atoms with E-state index in [0.717, 1.165) is 0 Å². The summed E-state index contributed by atoms with van der Waals surface area (Å²) in [7, 11) is -8.53. The summed E-state index contributed by atoms with van der Waals surface area (Å²) in [5.74, 6) is -3.84. The molecule has 0 aromatic rings. The number of carbonyl (C=O) groups is 4. The van der Waals surface area contributed by atoms with E-state index in [9.17, 15) is 23.5 Å². The number of aliphatic carboxylic acids is 3. The van der Waals surface area contributed by atoms with E-state index >= 15 is 0 Å². The number of carbonyl (C=O) groups excluding carboxylic acids is 2. The predicted octanol–water partition coefficient (Wildman–Crippen LogP) is -1.77. The quantitative estimate of drug-likeness (QED) is 0.104. The van der Waals surface area contributed by atoms with Gasteiger partial charge >= 0.3 is 39.3 Å². The lowest BCUT2D eigenvalue weighted by Crippen LogP contribution is -2.35. The lowest BCUT2D eigenvalue weighted by atomic mass is 10.5. The molecule has 19 nitrogen and oxygen atoms in total. The first-order valence-electron chi connectivity index (χ1n) is 6.70. The van der Waals surface area contributed by atoms with E-state index < -0.39 is 65.3 Å². The van der Waals surface area contributed by atoms with Gasteiger partial charge in [0, 0.05) is 0 Å². The zero-order chi connectivity index (χ0) is 25.0. The molecule has 0 saturated heterocycles. The van der Waals surface area contributed by atoms with Crippen molar-refractivity contribution in [3.05, 3.63) is 0 Å². The van der Waals surface area contributed by atoms with Crippen molar-refractivity contribution < 1.29 is 83.4 Å². The third kappa shape index (κ3) is 89.6. The summed E-state index contributed by atoms with van der Waals surface area (Å²) in [6.07, 6.45) is -1.23.